The summed E-state index contributed by atoms with van der Waals surface area (Å²) in [7, 11) is 4.41. The van der Waals surface area contributed by atoms with Gasteiger partial charge in [0, 0.05) is 78.3 Å². The van der Waals surface area contributed by atoms with Gasteiger partial charge in [-0.2, -0.15) is 0 Å². The molecule has 1 aliphatic carbocycles. The molecule has 3 aliphatic heterocycles. The minimum absolute atomic E-state index is 0. The topological polar surface area (TPSA) is 29.7 Å². The summed E-state index contributed by atoms with van der Waals surface area (Å²) in [6, 6.07) is 17.6. The Balaban J connectivity index is 0.00000368. The van der Waals surface area contributed by atoms with Crippen LogP contribution >= 0.6 is 0 Å². The number of anilines is 2. The number of hydrogen-bond acceptors (Lipinski definition) is 3. The van der Waals surface area contributed by atoms with Crippen molar-refractivity contribution in [1.82, 2.24) is 0 Å². The fraction of sp³-hybridized carbons (Fsp3) is 0.447. The highest BCUT2D eigenvalue weighted by Gasteiger charge is 2.39. The van der Waals surface area contributed by atoms with Crippen molar-refractivity contribution >= 4 is 17.1 Å². The number of allylic oxidation sites excluding steroid dienone is 8. The Bertz CT molecular complexity index is 1430. The second kappa shape index (κ2) is 12.4. The molecule has 0 bridgehead atoms. The zero-order valence-electron chi connectivity index (χ0n) is 26.8. The normalized spacial score (nSPS) is 26.3. The summed E-state index contributed by atoms with van der Waals surface area (Å²) in [5, 5.41) is 9.83. The number of fused-ring (bicyclic) bond motifs is 2. The highest BCUT2D eigenvalue weighted by Crippen LogP contribution is 2.48. The lowest BCUT2D eigenvalue weighted by Crippen LogP contribution is -3.00. The number of aliphatic hydroxyl groups is 1. The third-order valence-corrected chi connectivity index (χ3v) is 10.5. The summed E-state index contributed by atoms with van der Waals surface area (Å²) in [5.74, 6) is 0.424. The fourth-order valence-corrected chi connectivity index (χ4v) is 7.94. The number of likely N-dealkylation sites (N-methyl/N-ethyl adjacent to an activating group) is 2. The quantitative estimate of drug-likeness (QED) is 0.381. The number of piperidine rings is 1. The largest absolute Gasteiger partial charge is 1.00 e. The summed E-state index contributed by atoms with van der Waals surface area (Å²) in [6.45, 7) is 11.7. The summed E-state index contributed by atoms with van der Waals surface area (Å²) in [5.41, 5.74) is 12.4. The molecule has 228 valence electrons. The van der Waals surface area contributed by atoms with Gasteiger partial charge in [0.05, 0.1) is 0 Å². The molecule has 3 heterocycles. The monoisotopic (exact) mass is 689 g/mol. The second-order valence-electron chi connectivity index (χ2n) is 13.7. The maximum atomic E-state index is 9.83. The first-order valence-electron chi connectivity index (χ1n) is 15.9. The second-order valence-corrected chi connectivity index (χ2v) is 13.7. The van der Waals surface area contributed by atoms with Crippen molar-refractivity contribution in [1.29, 1.82) is 0 Å². The van der Waals surface area contributed by atoms with Crippen LogP contribution in [0.1, 0.15) is 70.9 Å². The predicted molar refractivity (Wildman–Crippen MR) is 177 cm³/mol. The Hall–Kier alpha value is -2.64. The van der Waals surface area contributed by atoms with Crippen molar-refractivity contribution in [2.45, 2.75) is 70.6 Å². The van der Waals surface area contributed by atoms with E-state index in [1.165, 1.54) is 57.2 Å². The molecule has 4 nitrogen and oxygen atoms in total. The van der Waals surface area contributed by atoms with Gasteiger partial charge in [-0.05, 0) is 60.6 Å². The standard InChI is InChI=1S/C38H48N3O.HI/c1-37(2)30-14-7-9-16-32(30)39(5)34(37)20-18-28-12-11-13-29(36(28)41-24-22-27(26-42)23-25-41)19-21-35-38(3,4)31-15-8-10-17-33(31)40(35)6;/h7-10,14-21,27,42H,11-13,22-26H2,1-6H3;1H/q+1;/p-1. The molecular formula is C38H48IN3O. The summed E-state index contributed by atoms with van der Waals surface area (Å²) in [6.07, 6.45) is 15.1. The van der Waals surface area contributed by atoms with Gasteiger partial charge in [0.1, 0.15) is 13.1 Å². The van der Waals surface area contributed by atoms with Crippen LogP contribution in [0, 0.1) is 5.92 Å². The first kappa shape index (κ1) is 31.8. The minimum atomic E-state index is -0.0343. The molecule has 0 aromatic heterocycles. The Morgan fingerprint density at radius 2 is 1.19 bits per heavy atom. The number of halogens is 1. The Labute approximate surface area is 276 Å². The van der Waals surface area contributed by atoms with E-state index in [2.05, 4.69) is 129 Å². The lowest BCUT2D eigenvalue weighted by molar-refractivity contribution is -0.540. The molecule has 0 unspecified atom stereocenters. The summed E-state index contributed by atoms with van der Waals surface area (Å²) < 4.78 is 2.62. The fourth-order valence-electron chi connectivity index (χ4n) is 7.94. The van der Waals surface area contributed by atoms with Crippen LogP contribution in [0.4, 0.5) is 11.4 Å². The van der Waals surface area contributed by atoms with E-state index in [9.17, 15) is 5.11 Å². The maximum Gasteiger partial charge on any atom is 0.206 e. The summed E-state index contributed by atoms with van der Waals surface area (Å²) >= 11 is 0. The molecule has 1 saturated heterocycles. The SMILES string of the molecule is CN1/C(=C/C=C2\CCC/C(=C\C=C3\N(C)c4ccccc4C3(C)C)C2=[N+]2CCC(CO)CC2)C(C)(C)c2ccccc21.[I-]. The average Bonchev–Trinajstić information content (AvgIpc) is 3.32. The first-order valence-corrected chi connectivity index (χ1v) is 15.9. The van der Waals surface area contributed by atoms with Crippen LogP contribution in [0.2, 0.25) is 0 Å². The lowest BCUT2D eigenvalue weighted by atomic mass is 9.82. The van der Waals surface area contributed by atoms with Crippen molar-refractivity contribution in [2.75, 3.05) is 43.6 Å². The van der Waals surface area contributed by atoms with Crippen LogP contribution in [0.25, 0.3) is 0 Å². The van der Waals surface area contributed by atoms with Crippen LogP contribution in [-0.2, 0) is 10.8 Å². The number of hydrogen-bond donors (Lipinski definition) is 1. The molecule has 0 atom stereocenters. The highest BCUT2D eigenvalue weighted by atomic mass is 127. The third kappa shape index (κ3) is 5.56. The van der Waals surface area contributed by atoms with Crippen molar-refractivity contribution in [3.8, 4) is 0 Å². The van der Waals surface area contributed by atoms with Crippen molar-refractivity contribution in [2.24, 2.45) is 5.92 Å². The molecule has 6 rings (SSSR count). The molecule has 0 spiro atoms. The zero-order chi connectivity index (χ0) is 29.6. The van der Waals surface area contributed by atoms with E-state index >= 15 is 0 Å². The third-order valence-electron chi connectivity index (χ3n) is 10.5. The van der Waals surface area contributed by atoms with Crippen LogP contribution in [-0.4, -0.2) is 49.2 Å². The van der Waals surface area contributed by atoms with E-state index in [0.717, 1.165) is 38.8 Å². The molecule has 43 heavy (non-hydrogen) atoms. The molecule has 0 amide bonds. The first-order chi connectivity index (χ1) is 20.1. The lowest BCUT2D eigenvalue weighted by Gasteiger charge is -2.26. The van der Waals surface area contributed by atoms with Gasteiger partial charge in [-0.25, -0.2) is 4.58 Å². The summed E-state index contributed by atoms with van der Waals surface area (Å²) in [4.78, 5) is 4.75. The Kier molecular flexibility index (Phi) is 9.16. The molecule has 2 aromatic rings. The number of rotatable bonds is 3. The maximum absolute atomic E-state index is 9.83. The van der Waals surface area contributed by atoms with Gasteiger partial charge in [0.15, 0.2) is 0 Å². The van der Waals surface area contributed by atoms with E-state index in [1.54, 1.807) is 0 Å². The van der Waals surface area contributed by atoms with Crippen molar-refractivity contribution in [3.05, 3.63) is 107 Å². The van der Waals surface area contributed by atoms with Gasteiger partial charge in [-0.15, -0.1) is 0 Å². The van der Waals surface area contributed by atoms with Crippen molar-refractivity contribution < 1.29 is 33.7 Å². The van der Waals surface area contributed by atoms with Crippen LogP contribution in [0.5, 0.6) is 0 Å². The molecular weight excluding hydrogens is 641 g/mol. The Morgan fingerprint density at radius 3 is 1.60 bits per heavy atom. The minimum Gasteiger partial charge on any atom is -1.00 e. The molecule has 1 saturated carbocycles. The van der Waals surface area contributed by atoms with E-state index in [4.69, 9.17) is 0 Å². The van der Waals surface area contributed by atoms with E-state index in [1.807, 2.05) is 0 Å². The van der Waals surface area contributed by atoms with E-state index < -0.39 is 0 Å². The smallest absolute Gasteiger partial charge is 0.206 e. The predicted octanol–water partition coefficient (Wildman–Crippen LogP) is 4.51. The highest BCUT2D eigenvalue weighted by molar-refractivity contribution is 6.10. The molecule has 2 fully saturated rings. The Morgan fingerprint density at radius 1 is 0.744 bits per heavy atom. The zero-order valence-corrected chi connectivity index (χ0v) is 29.0. The van der Waals surface area contributed by atoms with Crippen LogP contribution in [0.15, 0.2) is 95.4 Å². The van der Waals surface area contributed by atoms with Gasteiger partial charge in [-0.3, -0.25) is 0 Å². The number of aliphatic hydroxyl groups excluding tert-OH is 1. The number of para-hydroxylation sites is 2. The number of benzene rings is 2. The van der Waals surface area contributed by atoms with E-state index in [0.29, 0.717) is 12.5 Å². The molecule has 0 radical (unpaired) electrons. The molecule has 2 aromatic carbocycles. The van der Waals surface area contributed by atoms with Gasteiger partial charge in [0.25, 0.3) is 0 Å². The van der Waals surface area contributed by atoms with Gasteiger partial charge in [0.2, 0.25) is 5.71 Å². The average molecular weight is 690 g/mol. The molecule has 4 aliphatic rings. The van der Waals surface area contributed by atoms with Crippen LogP contribution in [0.3, 0.4) is 0 Å². The van der Waals surface area contributed by atoms with Gasteiger partial charge < -0.3 is 38.9 Å². The number of nitrogens with zero attached hydrogens (tertiary/aromatic N) is 3. The van der Waals surface area contributed by atoms with Crippen LogP contribution < -0.4 is 33.8 Å². The van der Waals surface area contributed by atoms with Gasteiger partial charge in [-0.1, -0.05) is 76.2 Å². The van der Waals surface area contributed by atoms with E-state index in [-0.39, 0.29) is 34.8 Å². The van der Waals surface area contributed by atoms with Crippen molar-refractivity contribution in [3.63, 3.8) is 0 Å². The van der Waals surface area contributed by atoms with Gasteiger partial charge >= 0.3 is 0 Å². The molecule has 5 heteroatoms. The molecule has 1 N–H and O–H groups in total.